The molecule has 0 spiro atoms. The van der Waals surface area contributed by atoms with Gasteiger partial charge in [0.15, 0.2) is 29.1 Å². The summed E-state index contributed by atoms with van der Waals surface area (Å²) in [7, 11) is -16.4. The zero-order valence-corrected chi connectivity index (χ0v) is 36.9. The highest BCUT2D eigenvalue weighted by atomic mass is 32.2. The van der Waals surface area contributed by atoms with Crippen LogP contribution >= 0.6 is 35.2 Å². The van der Waals surface area contributed by atoms with Crippen LogP contribution in [-0.2, 0) is 55.4 Å². The van der Waals surface area contributed by atoms with Crippen molar-refractivity contribution in [2.75, 3.05) is 44.4 Å². The number of hydrogen-bond acceptors (Lipinski definition) is 24. The normalized spacial score (nSPS) is 27.7. The Kier molecular flexibility index (Phi) is 20.1. The summed E-state index contributed by atoms with van der Waals surface area (Å²) < 4.78 is 66.5. The van der Waals surface area contributed by atoms with Crippen molar-refractivity contribution in [2.24, 2.45) is 11.1 Å². The largest absolute Gasteiger partial charge is 0.481 e. The lowest BCUT2D eigenvalue weighted by Crippen LogP contribution is -2.61. The highest BCUT2D eigenvalue weighted by molar-refractivity contribution is 8.13. The van der Waals surface area contributed by atoms with Crippen LogP contribution in [0.4, 0.5) is 5.82 Å². The Morgan fingerprint density at radius 1 is 0.952 bits per heavy atom. The zero-order valence-electron chi connectivity index (χ0n) is 33.4. The number of hydrogen-bond donors (Lipinski definition) is 14. The summed E-state index contributed by atoms with van der Waals surface area (Å²) in [6, 6.07) is -1.04. The van der Waals surface area contributed by atoms with Gasteiger partial charge in [0.25, 0.3) is 0 Å². The van der Waals surface area contributed by atoms with E-state index in [1.165, 1.54) is 20.8 Å². The fourth-order valence-electron chi connectivity index (χ4n) is 5.44. The van der Waals surface area contributed by atoms with Crippen LogP contribution in [0.3, 0.4) is 0 Å². The van der Waals surface area contributed by atoms with E-state index in [9.17, 15) is 68.1 Å². The molecule has 0 saturated carbocycles. The predicted octanol–water partition coefficient (Wildman–Crippen LogP) is -4.57. The third kappa shape index (κ3) is 16.3. The molecule has 0 aromatic carbocycles. The molecule has 360 valence electrons. The molecule has 34 heteroatoms. The third-order valence-electron chi connectivity index (χ3n) is 8.76. The fourth-order valence-corrected chi connectivity index (χ4v) is 8.76. The van der Waals surface area contributed by atoms with Crippen molar-refractivity contribution in [3.63, 3.8) is 0 Å². The minimum Gasteiger partial charge on any atom is -0.394 e. The molecule has 2 saturated heterocycles. The number of thioether (sulfide) groups is 1. The Morgan fingerprint density at radius 2 is 1.60 bits per heavy atom. The Balaban J connectivity index is 0.000000756. The number of nitrogen functional groups attached to an aromatic ring is 1. The molecule has 4 heterocycles. The van der Waals surface area contributed by atoms with E-state index >= 15 is 0 Å². The van der Waals surface area contributed by atoms with E-state index in [-0.39, 0.29) is 41.6 Å². The molecule has 30 nitrogen and oxygen atoms in total. The lowest BCUT2D eigenvalue weighted by Gasteiger charge is -2.38. The molecule has 3 unspecified atom stereocenters. The van der Waals surface area contributed by atoms with Gasteiger partial charge in [-0.3, -0.25) is 32.5 Å². The SMILES string of the molecule is CC(=O)SCCNC(=O)CCNC(=O)[C@H](O)C(C)(C)COP(=O)(O)OP(=O)(O)OC[C@H]1O[C@@H](n2cnc3c(N)ncnc32)[C@H](O)[C@@H]1OP(=O)(O)O.N[C@H]1C(O)O[C@H](CO)[C@@H](O)[C@@H]1O. The molecule has 0 radical (unpaired) electrons. The van der Waals surface area contributed by atoms with Crippen LogP contribution in [-0.4, -0.2) is 180 Å². The van der Waals surface area contributed by atoms with Crippen molar-refractivity contribution in [3.8, 4) is 0 Å². The number of anilines is 1. The molecule has 2 aromatic rings. The van der Waals surface area contributed by atoms with Crippen molar-refractivity contribution in [3.05, 3.63) is 12.7 Å². The maximum atomic E-state index is 12.6. The van der Waals surface area contributed by atoms with Crippen molar-refractivity contribution in [2.45, 2.75) is 88.5 Å². The predicted molar refractivity (Wildman–Crippen MR) is 211 cm³/mol. The van der Waals surface area contributed by atoms with Crippen LogP contribution in [0.5, 0.6) is 0 Å². The highest BCUT2D eigenvalue weighted by Gasteiger charge is 2.50. The van der Waals surface area contributed by atoms with E-state index in [2.05, 4.69) is 34.4 Å². The number of imidazole rings is 1. The number of aliphatic hydroxyl groups excluding tert-OH is 6. The molecule has 16 N–H and O–H groups in total. The number of phosphoric ester groups is 3. The number of aliphatic hydroxyl groups is 6. The van der Waals surface area contributed by atoms with Gasteiger partial charge in [0, 0.05) is 37.6 Å². The summed E-state index contributed by atoms with van der Waals surface area (Å²) in [5.74, 6) is -1.08. The number of ether oxygens (including phenoxy) is 2. The van der Waals surface area contributed by atoms with Gasteiger partial charge in [0.2, 0.25) is 11.8 Å². The number of carbonyl (C=O) groups is 3. The number of nitrogens with one attached hydrogen (secondary N) is 2. The van der Waals surface area contributed by atoms with Crippen molar-refractivity contribution >= 4 is 69.1 Å². The van der Waals surface area contributed by atoms with E-state index in [0.29, 0.717) is 5.75 Å². The quantitative estimate of drug-likeness (QED) is 0.0439. The van der Waals surface area contributed by atoms with Crippen molar-refractivity contribution in [1.82, 2.24) is 30.2 Å². The number of rotatable bonds is 20. The van der Waals surface area contributed by atoms with Crippen molar-refractivity contribution < 1.29 is 106 Å². The van der Waals surface area contributed by atoms with Crippen LogP contribution in [0, 0.1) is 5.41 Å². The third-order valence-corrected chi connectivity index (χ3v) is 12.7. The van der Waals surface area contributed by atoms with Gasteiger partial charge in [-0.15, -0.1) is 0 Å². The van der Waals surface area contributed by atoms with Crippen LogP contribution in [0.25, 0.3) is 11.2 Å². The minimum absolute atomic E-state index is 0.0310. The zero-order chi connectivity index (χ0) is 47.7. The second kappa shape index (κ2) is 23.2. The average molecular weight is 989 g/mol. The molecule has 0 bridgehead atoms. The molecule has 2 fully saturated rings. The number of carbonyl (C=O) groups excluding carboxylic acids is 3. The summed E-state index contributed by atoms with van der Waals surface area (Å²) >= 11 is 1.03. The number of fused-ring (bicyclic) bond motifs is 1. The standard InChI is InChI=1S/C23H38N7O17P3S.C6H13NO5/c1-12(31)51-7-6-25-14(32)4-5-26-21(35)18(34)23(2,3)9-44-50(41,42)47-49(39,40)43-8-13-17(46-48(36,37)38)16(33)22(45-13)30-11-29-15-19(24)27-10-28-20(15)30;7-3-5(10)4(9)2(1-8)12-6(3)11/h10-11,13,16-18,22,33-34H,4-9H2,1-3H3,(H,25,32)(H,26,35)(H,39,40)(H,41,42)(H2,24,27,28)(H2,36,37,38);2-6,8-11H,1,7H2/t13-,16-,17-,18+,22-;2-,3-,4-,5-,6?/m11/s1. The van der Waals surface area contributed by atoms with E-state index in [1.54, 1.807) is 0 Å². The van der Waals surface area contributed by atoms with Crippen LogP contribution in [0.2, 0.25) is 0 Å². The van der Waals surface area contributed by atoms with E-state index in [4.69, 9.17) is 40.2 Å². The van der Waals surface area contributed by atoms with Crippen LogP contribution < -0.4 is 22.1 Å². The highest BCUT2D eigenvalue weighted by Crippen LogP contribution is 2.61. The number of aromatic nitrogens is 4. The molecular weight excluding hydrogens is 937 g/mol. The lowest BCUT2D eigenvalue weighted by molar-refractivity contribution is -0.248. The second-order valence-electron chi connectivity index (χ2n) is 14.2. The molecular formula is C29H51N8O22P3S. The van der Waals surface area contributed by atoms with Gasteiger partial charge in [-0.2, -0.15) is 4.31 Å². The Bertz CT molecular complexity index is 2010. The molecule has 2 aliphatic rings. The van der Waals surface area contributed by atoms with Gasteiger partial charge in [0.05, 0.1) is 32.2 Å². The fraction of sp³-hybridized carbons (Fsp3) is 0.724. The summed E-state index contributed by atoms with van der Waals surface area (Å²) in [6.45, 7) is 1.43. The maximum absolute atomic E-state index is 12.6. The van der Waals surface area contributed by atoms with E-state index in [0.717, 1.165) is 29.0 Å². The van der Waals surface area contributed by atoms with Crippen LogP contribution in [0.15, 0.2) is 12.7 Å². The first-order valence-corrected chi connectivity index (χ1v) is 23.7. The van der Waals surface area contributed by atoms with Gasteiger partial charge in [-0.1, -0.05) is 25.6 Å². The lowest BCUT2D eigenvalue weighted by atomic mass is 9.87. The summed E-state index contributed by atoms with van der Waals surface area (Å²) in [6.07, 6.45) is -11.7. The molecule has 0 aliphatic carbocycles. The van der Waals surface area contributed by atoms with E-state index in [1.807, 2.05) is 0 Å². The molecule has 2 aromatic heterocycles. The number of nitrogens with two attached hydrogens (primary N) is 2. The molecule has 4 rings (SSSR count). The summed E-state index contributed by atoms with van der Waals surface area (Å²) in [5, 5.41) is 62.1. The molecule has 12 atom stereocenters. The van der Waals surface area contributed by atoms with Gasteiger partial charge in [0.1, 0.15) is 54.6 Å². The van der Waals surface area contributed by atoms with Crippen LogP contribution in [0.1, 0.15) is 33.4 Å². The Hall–Kier alpha value is -2.68. The Morgan fingerprint density at radius 3 is 2.22 bits per heavy atom. The Labute approximate surface area is 361 Å². The smallest absolute Gasteiger partial charge is 0.394 e. The number of amides is 2. The molecule has 2 amide bonds. The summed E-state index contributed by atoms with van der Waals surface area (Å²) in [4.78, 5) is 85.9. The average Bonchev–Trinajstić information content (AvgIpc) is 3.75. The molecule has 63 heavy (non-hydrogen) atoms. The van der Waals surface area contributed by atoms with E-state index < -0.39 is 122 Å². The first-order valence-electron chi connectivity index (χ1n) is 18.2. The van der Waals surface area contributed by atoms with Gasteiger partial charge < -0.3 is 81.8 Å². The summed E-state index contributed by atoms with van der Waals surface area (Å²) in [5.41, 5.74) is 9.52. The second-order valence-corrected chi connectivity index (χ2v) is 19.7. The topological polar surface area (TPSA) is 480 Å². The first-order chi connectivity index (χ1) is 29.1. The van der Waals surface area contributed by atoms with Gasteiger partial charge >= 0.3 is 23.5 Å². The van der Waals surface area contributed by atoms with Gasteiger partial charge in [-0.05, 0) is 0 Å². The van der Waals surface area contributed by atoms with Crippen molar-refractivity contribution in [1.29, 1.82) is 0 Å². The molecule has 2 aliphatic heterocycles. The number of phosphoric acid groups is 3. The number of nitrogens with zero attached hydrogens (tertiary/aromatic N) is 4. The van der Waals surface area contributed by atoms with Gasteiger partial charge in [-0.25, -0.2) is 28.6 Å². The minimum atomic E-state index is -5.56. The monoisotopic (exact) mass is 988 g/mol. The maximum Gasteiger partial charge on any atom is 0.481 e. The first kappa shape index (κ1) is 54.7.